The lowest BCUT2D eigenvalue weighted by Crippen LogP contribution is -2.32. The van der Waals surface area contributed by atoms with Crippen molar-refractivity contribution in [3.05, 3.63) is 48.0 Å². The van der Waals surface area contributed by atoms with Crippen LogP contribution in [0.15, 0.2) is 42.5 Å². The quantitative estimate of drug-likeness (QED) is 0.699. The Morgan fingerprint density at radius 3 is 2.08 bits per heavy atom. The lowest BCUT2D eigenvalue weighted by molar-refractivity contribution is 0.247. The molecular weight excluding hydrogens is 332 g/mol. The summed E-state index contributed by atoms with van der Waals surface area (Å²) in [5.41, 5.74) is 1.99. The van der Waals surface area contributed by atoms with Gasteiger partial charge in [-0.2, -0.15) is 0 Å². The molecule has 0 fully saturated rings. The Labute approximate surface area is 154 Å². The van der Waals surface area contributed by atoms with Crippen molar-refractivity contribution >= 4 is 11.7 Å². The van der Waals surface area contributed by atoms with E-state index in [1.807, 2.05) is 24.3 Å². The molecule has 2 rings (SSSR count). The first-order chi connectivity index (χ1) is 12.5. The molecule has 0 saturated heterocycles. The van der Waals surface area contributed by atoms with Crippen LogP contribution in [-0.4, -0.2) is 33.4 Å². The highest BCUT2D eigenvalue weighted by Crippen LogP contribution is 2.27. The Morgan fingerprint density at radius 1 is 0.962 bits per heavy atom. The number of anilines is 1. The van der Waals surface area contributed by atoms with Crippen molar-refractivity contribution in [1.82, 2.24) is 5.32 Å². The van der Waals surface area contributed by atoms with E-state index in [-0.39, 0.29) is 6.03 Å². The average molecular weight is 358 g/mol. The summed E-state index contributed by atoms with van der Waals surface area (Å²) in [5, 5.41) is 5.56. The Balaban J connectivity index is 1.76. The second-order valence-corrected chi connectivity index (χ2v) is 6.05. The highest BCUT2D eigenvalue weighted by molar-refractivity contribution is 5.89. The topological polar surface area (TPSA) is 68.8 Å². The number of benzene rings is 2. The number of urea groups is 1. The van der Waals surface area contributed by atoms with Gasteiger partial charge in [-0.05, 0) is 23.6 Å². The molecule has 0 spiro atoms. The summed E-state index contributed by atoms with van der Waals surface area (Å²) in [6, 6.07) is 12.8. The van der Waals surface area contributed by atoms with Gasteiger partial charge in [-0.3, -0.25) is 0 Å². The van der Waals surface area contributed by atoms with E-state index in [4.69, 9.17) is 14.2 Å². The monoisotopic (exact) mass is 358 g/mol. The number of hydrogen-bond acceptors (Lipinski definition) is 4. The second kappa shape index (κ2) is 9.56. The number of methoxy groups -OCH3 is 2. The van der Waals surface area contributed by atoms with Crippen molar-refractivity contribution in [2.75, 3.05) is 32.7 Å². The van der Waals surface area contributed by atoms with Crippen molar-refractivity contribution in [3.63, 3.8) is 0 Å². The van der Waals surface area contributed by atoms with E-state index in [0.717, 1.165) is 5.69 Å². The maximum Gasteiger partial charge on any atom is 0.319 e. The van der Waals surface area contributed by atoms with Gasteiger partial charge >= 0.3 is 6.03 Å². The zero-order valence-corrected chi connectivity index (χ0v) is 15.7. The summed E-state index contributed by atoms with van der Waals surface area (Å²) in [5.74, 6) is 2.38. The van der Waals surface area contributed by atoms with Crippen LogP contribution in [0.3, 0.4) is 0 Å². The van der Waals surface area contributed by atoms with Crippen LogP contribution in [0, 0.1) is 0 Å². The molecule has 2 amide bonds. The SMILES string of the molecule is COc1cc(OC)cc(OCCNC(=O)Nc2ccc(C(C)C)cc2)c1. The Kier molecular flexibility index (Phi) is 7.14. The summed E-state index contributed by atoms with van der Waals surface area (Å²) < 4.78 is 16.0. The molecule has 0 aliphatic rings. The molecule has 0 atom stereocenters. The normalized spacial score (nSPS) is 10.3. The van der Waals surface area contributed by atoms with E-state index in [1.165, 1.54) is 5.56 Å². The number of rotatable bonds is 8. The molecule has 2 N–H and O–H groups in total. The van der Waals surface area contributed by atoms with Crippen LogP contribution in [0.25, 0.3) is 0 Å². The van der Waals surface area contributed by atoms with Gasteiger partial charge in [0.1, 0.15) is 23.9 Å². The summed E-state index contributed by atoms with van der Waals surface area (Å²) in [6.07, 6.45) is 0. The van der Waals surface area contributed by atoms with Gasteiger partial charge in [0.2, 0.25) is 0 Å². The Bertz CT molecular complexity index is 692. The first-order valence-electron chi connectivity index (χ1n) is 8.52. The molecule has 0 unspecified atom stereocenters. The van der Waals surface area contributed by atoms with Crippen LogP contribution in [0.2, 0.25) is 0 Å². The molecule has 26 heavy (non-hydrogen) atoms. The standard InChI is InChI=1S/C20H26N2O4/c1-14(2)15-5-7-16(8-6-15)22-20(23)21-9-10-26-19-12-17(24-3)11-18(13-19)25-4/h5-8,11-14H,9-10H2,1-4H3,(H2,21,22,23). The fourth-order valence-corrected chi connectivity index (χ4v) is 2.32. The second-order valence-electron chi connectivity index (χ2n) is 6.05. The maximum absolute atomic E-state index is 11.9. The van der Waals surface area contributed by atoms with Gasteiger partial charge in [-0.25, -0.2) is 4.79 Å². The molecule has 0 saturated carbocycles. The van der Waals surface area contributed by atoms with E-state index in [1.54, 1.807) is 32.4 Å². The van der Waals surface area contributed by atoms with Gasteiger partial charge in [0.05, 0.1) is 20.8 Å². The molecule has 0 heterocycles. The van der Waals surface area contributed by atoms with Crippen LogP contribution < -0.4 is 24.8 Å². The molecular formula is C20H26N2O4. The van der Waals surface area contributed by atoms with Crippen molar-refractivity contribution in [2.45, 2.75) is 19.8 Å². The van der Waals surface area contributed by atoms with Gasteiger partial charge < -0.3 is 24.8 Å². The lowest BCUT2D eigenvalue weighted by atomic mass is 10.0. The molecule has 0 aliphatic heterocycles. The molecule has 0 aliphatic carbocycles. The van der Waals surface area contributed by atoms with Gasteiger partial charge in [-0.1, -0.05) is 26.0 Å². The first kappa shape index (κ1) is 19.4. The Hall–Kier alpha value is -2.89. The van der Waals surface area contributed by atoms with Crippen molar-refractivity contribution < 1.29 is 19.0 Å². The summed E-state index contributed by atoms with van der Waals surface area (Å²) in [6.45, 7) is 4.96. The number of amides is 2. The molecule has 6 heteroatoms. The third-order valence-corrected chi connectivity index (χ3v) is 3.82. The van der Waals surface area contributed by atoms with Gasteiger partial charge in [0, 0.05) is 23.9 Å². The molecule has 0 bridgehead atoms. The molecule has 2 aromatic carbocycles. The van der Waals surface area contributed by atoms with E-state index >= 15 is 0 Å². The fourth-order valence-electron chi connectivity index (χ4n) is 2.32. The fraction of sp³-hybridized carbons (Fsp3) is 0.350. The van der Waals surface area contributed by atoms with Crippen LogP contribution >= 0.6 is 0 Å². The average Bonchev–Trinajstić information content (AvgIpc) is 2.65. The van der Waals surface area contributed by atoms with Crippen LogP contribution in [0.4, 0.5) is 10.5 Å². The molecule has 6 nitrogen and oxygen atoms in total. The minimum atomic E-state index is -0.269. The number of carbonyl (C=O) groups excluding carboxylic acids is 1. The van der Waals surface area contributed by atoms with E-state index < -0.39 is 0 Å². The maximum atomic E-state index is 11.9. The van der Waals surface area contributed by atoms with Crippen molar-refractivity contribution in [2.24, 2.45) is 0 Å². The minimum Gasteiger partial charge on any atom is -0.496 e. The van der Waals surface area contributed by atoms with Crippen LogP contribution in [0.5, 0.6) is 17.2 Å². The van der Waals surface area contributed by atoms with E-state index in [0.29, 0.717) is 36.3 Å². The lowest BCUT2D eigenvalue weighted by Gasteiger charge is -2.12. The van der Waals surface area contributed by atoms with Gasteiger partial charge in [-0.15, -0.1) is 0 Å². The highest BCUT2D eigenvalue weighted by Gasteiger charge is 2.05. The highest BCUT2D eigenvalue weighted by atomic mass is 16.5. The summed E-state index contributed by atoms with van der Waals surface area (Å²) >= 11 is 0. The minimum absolute atomic E-state index is 0.269. The van der Waals surface area contributed by atoms with E-state index in [2.05, 4.69) is 24.5 Å². The predicted octanol–water partition coefficient (Wildman–Crippen LogP) is 4.03. The number of nitrogens with one attached hydrogen (secondary N) is 2. The zero-order chi connectivity index (χ0) is 18.9. The van der Waals surface area contributed by atoms with Crippen molar-refractivity contribution in [3.8, 4) is 17.2 Å². The molecule has 0 radical (unpaired) electrons. The summed E-state index contributed by atoms with van der Waals surface area (Å²) in [7, 11) is 3.16. The molecule has 140 valence electrons. The smallest absolute Gasteiger partial charge is 0.319 e. The summed E-state index contributed by atoms with van der Waals surface area (Å²) in [4.78, 5) is 11.9. The Morgan fingerprint density at radius 2 is 1.54 bits per heavy atom. The van der Waals surface area contributed by atoms with Crippen molar-refractivity contribution in [1.29, 1.82) is 0 Å². The number of hydrogen-bond donors (Lipinski definition) is 2. The zero-order valence-electron chi connectivity index (χ0n) is 15.7. The molecule has 0 aromatic heterocycles. The number of ether oxygens (including phenoxy) is 3. The third-order valence-electron chi connectivity index (χ3n) is 3.82. The molecule has 2 aromatic rings. The third kappa shape index (κ3) is 5.88. The largest absolute Gasteiger partial charge is 0.496 e. The van der Waals surface area contributed by atoms with E-state index in [9.17, 15) is 4.79 Å². The predicted molar refractivity (Wildman–Crippen MR) is 103 cm³/mol. The van der Waals surface area contributed by atoms with Gasteiger partial charge in [0.15, 0.2) is 0 Å². The van der Waals surface area contributed by atoms with Crippen LogP contribution in [-0.2, 0) is 0 Å². The van der Waals surface area contributed by atoms with Crippen LogP contribution in [0.1, 0.15) is 25.3 Å². The first-order valence-corrected chi connectivity index (χ1v) is 8.52. The number of carbonyl (C=O) groups is 1. The van der Waals surface area contributed by atoms with Gasteiger partial charge in [0.25, 0.3) is 0 Å².